The van der Waals surface area contributed by atoms with Crippen LogP contribution >= 0.6 is 11.3 Å². The lowest BCUT2D eigenvalue weighted by Gasteiger charge is -2.26. The van der Waals surface area contributed by atoms with Gasteiger partial charge >= 0.3 is 0 Å². The average molecular weight is 583 g/mol. The number of ether oxygens (including phenoxy) is 2. The number of anilines is 1. The van der Waals surface area contributed by atoms with E-state index in [0.29, 0.717) is 37.4 Å². The van der Waals surface area contributed by atoms with Crippen molar-refractivity contribution in [3.8, 4) is 11.5 Å². The van der Waals surface area contributed by atoms with Crippen LogP contribution in [0.15, 0.2) is 36.0 Å². The molecule has 11 nitrogen and oxygen atoms in total. The number of aromatic nitrogens is 2. The maximum absolute atomic E-state index is 12.9. The molecule has 2 N–H and O–H groups in total. The first-order chi connectivity index (χ1) is 19.9. The molecule has 0 aliphatic carbocycles. The summed E-state index contributed by atoms with van der Waals surface area (Å²) in [5, 5.41) is 8.78. The zero-order valence-electron chi connectivity index (χ0n) is 23.9. The topological polar surface area (TPSA) is 126 Å². The number of carbonyl (C=O) groups excluding carboxylic acids is 3. The number of fused-ring (bicyclic) bond motifs is 3. The van der Waals surface area contributed by atoms with Crippen molar-refractivity contribution in [1.29, 1.82) is 0 Å². The van der Waals surface area contributed by atoms with Crippen molar-refractivity contribution in [1.82, 2.24) is 25.5 Å². The molecular weight excluding hydrogens is 544 g/mol. The summed E-state index contributed by atoms with van der Waals surface area (Å²) in [7, 11) is 3.27. The van der Waals surface area contributed by atoms with Crippen LogP contribution in [0, 0.1) is 0 Å². The van der Waals surface area contributed by atoms with Gasteiger partial charge in [0.05, 0.1) is 12.5 Å². The fraction of sp³-hybridized carbons (Fsp3) is 0.483. The summed E-state index contributed by atoms with van der Waals surface area (Å²) in [5.74, 6) is 1.17. The van der Waals surface area contributed by atoms with E-state index in [4.69, 9.17) is 9.47 Å². The number of likely N-dealkylation sites (N-methyl/N-ethyl adjacent to an activating group) is 1. The van der Waals surface area contributed by atoms with Crippen LogP contribution in [-0.2, 0) is 20.8 Å². The largest absolute Gasteiger partial charge is 0.493 e. The standard InChI is InChI=1S/C29H38N6O5S/c1-20-29(38)34(2)13-4-5-14-35(27-22-11-16-41-28(22)32-19-31-27)15-6-12-30-25(36)10-8-21-7-9-23(39-3)24(17-21)40-18-26(37)33-20/h7,9,11,16-17,19-20H,4-6,8,10,12-15,18H2,1-3H3,(H,30,36)(H,33,37)/t20-/m0/s1. The van der Waals surface area contributed by atoms with Gasteiger partial charge in [0.15, 0.2) is 18.1 Å². The SMILES string of the molecule is COc1ccc2cc1OCC(=O)N[C@@H](C)C(=O)N(C)CCCCN(c1ncnc3sccc13)CCCNC(=O)CC2. The fourth-order valence-electron chi connectivity index (χ4n) is 4.77. The Hall–Kier alpha value is -3.93. The van der Waals surface area contributed by atoms with Gasteiger partial charge in [-0.3, -0.25) is 14.4 Å². The van der Waals surface area contributed by atoms with Crippen LogP contribution in [0.3, 0.4) is 0 Å². The van der Waals surface area contributed by atoms with Crippen LogP contribution in [0.5, 0.6) is 11.5 Å². The summed E-state index contributed by atoms with van der Waals surface area (Å²) in [5.41, 5.74) is 0.887. The van der Waals surface area contributed by atoms with Gasteiger partial charge < -0.3 is 29.9 Å². The first-order valence-electron chi connectivity index (χ1n) is 13.9. The Balaban J connectivity index is 1.48. The number of carbonyl (C=O) groups is 3. The molecule has 12 heteroatoms. The Bertz CT molecular complexity index is 1350. The Labute approximate surface area is 244 Å². The van der Waals surface area contributed by atoms with Crippen LogP contribution in [-0.4, -0.2) is 85.6 Å². The normalized spacial score (nSPS) is 19.0. The van der Waals surface area contributed by atoms with Gasteiger partial charge in [-0.25, -0.2) is 9.97 Å². The maximum Gasteiger partial charge on any atom is 0.258 e. The molecule has 1 atom stereocenters. The number of benzene rings is 1. The highest BCUT2D eigenvalue weighted by Crippen LogP contribution is 2.29. The minimum absolute atomic E-state index is 0.0275. The second kappa shape index (κ2) is 14.6. The first-order valence-corrected chi connectivity index (χ1v) is 14.8. The minimum atomic E-state index is -0.690. The predicted octanol–water partition coefficient (Wildman–Crippen LogP) is 2.78. The van der Waals surface area contributed by atoms with E-state index in [9.17, 15) is 14.4 Å². The van der Waals surface area contributed by atoms with Gasteiger partial charge in [-0.2, -0.15) is 0 Å². The third kappa shape index (κ3) is 8.29. The highest BCUT2D eigenvalue weighted by molar-refractivity contribution is 7.16. The van der Waals surface area contributed by atoms with Gasteiger partial charge in [-0.05, 0) is 61.7 Å². The molecule has 1 aliphatic heterocycles. The van der Waals surface area contributed by atoms with Crippen LogP contribution in [0.2, 0.25) is 0 Å². The van der Waals surface area contributed by atoms with Crippen molar-refractivity contribution in [2.24, 2.45) is 0 Å². The molecule has 3 heterocycles. The van der Waals surface area contributed by atoms with Crippen molar-refractivity contribution in [2.45, 2.75) is 45.1 Å². The summed E-state index contributed by atoms with van der Waals surface area (Å²) in [6.45, 7) is 3.98. The molecule has 1 aromatic carbocycles. The predicted molar refractivity (Wildman–Crippen MR) is 159 cm³/mol. The van der Waals surface area contributed by atoms with E-state index in [0.717, 1.165) is 53.9 Å². The molecule has 220 valence electrons. The fourth-order valence-corrected chi connectivity index (χ4v) is 5.49. The van der Waals surface area contributed by atoms with Gasteiger partial charge in [0, 0.05) is 39.6 Å². The third-order valence-electron chi connectivity index (χ3n) is 6.99. The quantitative estimate of drug-likeness (QED) is 0.473. The van der Waals surface area contributed by atoms with Gasteiger partial charge in [0.1, 0.15) is 23.0 Å². The van der Waals surface area contributed by atoms with E-state index < -0.39 is 11.9 Å². The molecule has 0 fully saturated rings. The summed E-state index contributed by atoms with van der Waals surface area (Å²) in [6, 6.07) is 6.76. The average Bonchev–Trinajstić information content (AvgIpc) is 3.46. The molecule has 41 heavy (non-hydrogen) atoms. The molecule has 2 aromatic heterocycles. The lowest BCUT2D eigenvalue weighted by Crippen LogP contribution is -2.47. The third-order valence-corrected chi connectivity index (χ3v) is 7.81. The van der Waals surface area contributed by atoms with E-state index in [-0.39, 0.29) is 18.4 Å². The highest BCUT2D eigenvalue weighted by atomic mass is 32.1. The van der Waals surface area contributed by atoms with E-state index >= 15 is 0 Å². The summed E-state index contributed by atoms with van der Waals surface area (Å²) in [4.78, 5) is 51.8. The molecule has 1 aliphatic rings. The van der Waals surface area contributed by atoms with E-state index in [1.807, 2.05) is 17.5 Å². The lowest BCUT2D eigenvalue weighted by atomic mass is 10.1. The van der Waals surface area contributed by atoms with Crippen LogP contribution in [0.25, 0.3) is 10.2 Å². The van der Waals surface area contributed by atoms with Crippen LogP contribution < -0.4 is 25.0 Å². The molecule has 3 amide bonds. The molecule has 0 spiro atoms. The number of aryl methyl sites for hydroxylation is 1. The second-order valence-corrected chi connectivity index (χ2v) is 11.0. The van der Waals surface area contributed by atoms with Crippen molar-refractivity contribution in [3.05, 3.63) is 41.5 Å². The summed E-state index contributed by atoms with van der Waals surface area (Å²) < 4.78 is 11.1. The molecule has 0 saturated heterocycles. The molecule has 3 aromatic rings. The summed E-state index contributed by atoms with van der Waals surface area (Å²) in [6.07, 6.45) is 4.82. The Morgan fingerprint density at radius 3 is 2.66 bits per heavy atom. The molecule has 0 unspecified atom stereocenters. The number of methoxy groups -OCH3 is 1. The number of hydrogen-bond donors (Lipinski definition) is 2. The molecule has 0 radical (unpaired) electrons. The molecule has 2 bridgehead atoms. The van der Waals surface area contributed by atoms with Gasteiger partial charge in [0.2, 0.25) is 11.8 Å². The number of rotatable bonds is 2. The molecule has 4 rings (SSSR count). The van der Waals surface area contributed by atoms with Gasteiger partial charge in [-0.15, -0.1) is 11.3 Å². The Kier molecular flexibility index (Phi) is 10.7. The minimum Gasteiger partial charge on any atom is -0.493 e. The number of nitrogens with one attached hydrogen (secondary N) is 2. The van der Waals surface area contributed by atoms with Crippen molar-refractivity contribution in [2.75, 3.05) is 51.8 Å². The van der Waals surface area contributed by atoms with Crippen molar-refractivity contribution < 1.29 is 23.9 Å². The number of nitrogens with zero attached hydrogens (tertiary/aromatic N) is 4. The van der Waals surface area contributed by atoms with E-state index in [1.165, 1.54) is 7.11 Å². The van der Waals surface area contributed by atoms with Crippen molar-refractivity contribution in [3.63, 3.8) is 0 Å². The first kappa shape index (κ1) is 30.0. The van der Waals surface area contributed by atoms with E-state index in [1.54, 1.807) is 48.7 Å². The smallest absolute Gasteiger partial charge is 0.258 e. The molecular formula is C29H38N6O5S. The van der Waals surface area contributed by atoms with Crippen LogP contribution in [0.1, 0.15) is 38.2 Å². The number of amides is 3. The van der Waals surface area contributed by atoms with E-state index in [2.05, 4.69) is 25.5 Å². The zero-order chi connectivity index (χ0) is 29.2. The number of hydrogen-bond acceptors (Lipinski definition) is 9. The van der Waals surface area contributed by atoms with Crippen molar-refractivity contribution >= 4 is 45.1 Å². The summed E-state index contributed by atoms with van der Waals surface area (Å²) >= 11 is 1.58. The Morgan fingerprint density at radius 2 is 1.83 bits per heavy atom. The van der Waals surface area contributed by atoms with Crippen LogP contribution in [0.4, 0.5) is 5.82 Å². The maximum atomic E-state index is 12.9. The van der Waals surface area contributed by atoms with Gasteiger partial charge in [-0.1, -0.05) is 6.07 Å². The lowest BCUT2D eigenvalue weighted by molar-refractivity contribution is -0.135. The molecule has 0 saturated carbocycles. The monoisotopic (exact) mass is 582 g/mol. The Morgan fingerprint density at radius 1 is 1.02 bits per heavy atom. The van der Waals surface area contributed by atoms with Gasteiger partial charge in [0.25, 0.3) is 5.91 Å². The number of thiophene rings is 1. The highest BCUT2D eigenvalue weighted by Gasteiger charge is 2.20. The zero-order valence-corrected chi connectivity index (χ0v) is 24.7. The second-order valence-electron chi connectivity index (χ2n) is 10.1.